The zero-order chi connectivity index (χ0) is 22.4. The van der Waals surface area contributed by atoms with Gasteiger partial charge in [-0.1, -0.05) is 48.0 Å². The maximum Gasteiger partial charge on any atom is 0.264 e. The van der Waals surface area contributed by atoms with Crippen LogP contribution in [-0.2, 0) is 14.8 Å². The number of carbonyl (C=O) groups is 1. The number of halogens is 2. The number of rotatable bonds is 7. The van der Waals surface area contributed by atoms with Crippen LogP contribution >= 0.6 is 11.6 Å². The lowest BCUT2D eigenvalue weighted by atomic mass is 10.1. The molecule has 1 N–H and O–H groups in total. The molecule has 0 saturated heterocycles. The maximum absolute atomic E-state index is 13.2. The molecule has 0 spiro atoms. The smallest absolute Gasteiger partial charge is 0.264 e. The van der Waals surface area contributed by atoms with Crippen molar-refractivity contribution >= 4 is 38.9 Å². The van der Waals surface area contributed by atoms with Gasteiger partial charge >= 0.3 is 0 Å². The lowest BCUT2D eigenvalue weighted by Gasteiger charge is -2.23. The highest BCUT2D eigenvalue weighted by molar-refractivity contribution is 7.92. The molecule has 0 fully saturated rings. The molecule has 160 valence electrons. The van der Waals surface area contributed by atoms with Crippen molar-refractivity contribution in [1.29, 1.82) is 0 Å². The highest BCUT2D eigenvalue weighted by Gasteiger charge is 2.27. The number of nitrogens with zero attached hydrogens (tertiary/aromatic N) is 2. The fourth-order valence-corrected chi connectivity index (χ4v) is 4.35. The molecule has 0 aliphatic heterocycles. The standard InChI is InChI=1S/C22H19ClFN3O3S/c1-16(17-10-12-19(24)13-11-17)25-26-22(28)15-27(20-7-5-6-18(23)14-20)31(29,30)21-8-3-2-4-9-21/h2-14H,15H2,1H3,(H,26,28). The van der Waals surface area contributed by atoms with E-state index in [1.807, 2.05) is 0 Å². The van der Waals surface area contributed by atoms with Crippen LogP contribution in [0.5, 0.6) is 0 Å². The Kier molecular flexibility index (Phi) is 7.04. The van der Waals surface area contributed by atoms with Gasteiger partial charge in [-0.25, -0.2) is 18.2 Å². The number of hydrogen-bond donors (Lipinski definition) is 1. The third kappa shape index (κ3) is 5.68. The number of carbonyl (C=O) groups excluding carboxylic acids is 1. The van der Waals surface area contributed by atoms with Crippen molar-refractivity contribution in [2.75, 3.05) is 10.8 Å². The highest BCUT2D eigenvalue weighted by atomic mass is 35.5. The molecule has 3 aromatic carbocycles. The Bertz CT molecular complexity index is 1200. The van der Waals surface area contributed by atoms with Gasteiger partial charge < -0.3 is 0 Å². The van der Waals surface area contributed by atoms with Gasteiger partial charge in [0.1, 0.15) is 12.4 Å². The summed E-state index contributed by atoms with van der Waals surface area (Å²) >= 11 is 6.03. The molecule has 3 rings (SSSR count). The first-order valence-electron chi connectivity index (χ1n) is 9.20. The largest absolute Gasteiger partial charge is 0.271 e. The summed E-state index contributed by atoms with van der Waals surface area (Å²) in [7, 11) is -4.04. The predicted octanol–water partition coefficient (Wildman–Crippen LogP) is 4.21. The summed E-state index contributed by atoms with van der Waals surface area (Å²) in [4.78, 5) is 12.6. The Balaban J connectivity index is 1.86. The Hall–Kier alpha value is -3.23. The minimum absolute atomic E-state index is 0.0359. The molecule has 0 saturated carbocycles. The molecule has 0 bridgehead atoms. The molecule has 0 heterocycles. The van der Waals surface area contributed by atoms with E-state index in [-0.39, 0.29) is 16.4 Å². The summed E-state index contributed by atoms with van der Waals surface area (Å²) in [6, 6.07) is 19.6. The lowest BCUT2D eigenvalue weighted by molar-refractivity contribution is -0.119. The van der Waals surface area contributed by atoms with Gasteiger partial charge in [0.2, 0.25) is 0 Å². The van der Waals surface area contributed by atoms with Gasteiger partial charge in [-0.05, 0) is 55.0 Å². The fourth-order valence-electron chi connectivity index (χ4n) is 2.73. The maximum atomic E-state index is 13.2. The molecule has 31 heavy (non-hydrogen) atoms. The normalized spacial score (nSPS) is 11.8. The van der Waals surface area contributed by atoms with Gasteiger partial charge in [0.05, 0.1) is 16.3 Å². The molecule has 0 atom stereocenters. The van der Waals surface area contributed by atoms with E-state index in [4.69, 9.17) is 11.6 Å². The summed E-state index contributed by atoms with van der Waals surface area (Å²) in [5, 5.41) is 4.32. The molecular formula is C22H19ClFN3O3S. The number of benzene rings is 3. The van der Waals surface area contributed by atoms with Gasteiger partial charge in [-0.2, -0.15) is 5.10 Å². The number of hydrazone groups is 1. The number of hydrogen-bond acceptors (Lipinski definition) is 4. The first-order valence-corrected chi connectivity index (χ1v) is 11.0. The van der Waals surface area contributed by atoms with Crippen molar-refractivity contribution in [3.05, 3.63) is 95.3 Å². The molecule has 0 aliphatic carbocycles. The van der Waals surface area contributed by atoms with E-state index in [0.29, 0.717) is 16.3 Å². The minimum atomic E-state index is -4.04. The van der Waals surface area contributed by atoms with Gasteiger partial charge in [0, 0.05) is 5.02 Å². The van der Waals surface area contributed by atoms with Crippen LogP contribution in [0.3, 0.4) is 0 Å². The molecule has 9 heteroatoms. The second-order valence-electron chi connectivity index (χ2n) is 6.54. The van der Waals surface area contributed by atoms with Crippen LogP contribution in [-0.4, -0.2) is 26.6 Å². The molecule has 0 aromatic heterocycles. The van der Waals surface area contributed by atoms with Gasteiger partial charge in [-0.15, -0.1) is 0 Å². The van der Waals surface area contributed by atoms with Crippen molar-refractivity contribution in [2.45, 2.75) is 11.8 Å². The first kappa shape index (κ1) is 22.5. The van der Waals surface area contributed by atoms with Gasteiger partial charge in [-0.3, -0.25) is 9.10 Å². The van der Waals surface area contributed by atoms with Crippen LogP contribution < -0.4 is 9.73 Å². The molecule has 1 amide bonds. The van der Waals surface area contributed by atoms with E-state index in [9.17, 15) is 17.6 Å². The molecule has 0 unspecified atom stereocenters. The van der Waals surface area contributed by atoms with Crippen LogP contribution in [0.4, 0.5) is 10.1 Å². The summed E-state index contributed by atoms with van der Waals surface area (Å²) < 4.78 is 40.4. The van der Waals surface area contributed by atoms with Crippen LogP contribution in [0.15, 0.2) is 88.9 Å². The third-order valence-corrected chi connectivity index (χ3v) is 6.35. The van der Waals surface area contributed by atoms with Gasteiger partial charge in [0.25, 0.3) is 15.9 Å². The zero-order valence-electron chi connectivity index (χ0n) is 16.5. The Morgan fingerprint density at radius 1 is 1.03 bits per heavy atom. The topological polar surface area (TPSA) is 78.8 Å². The van der Waals surface area contributed by atoms with Crippen LogP contribution in [0.25, 0.3) is 0 Å². The van der Waals surface area contributed by atoms with E-state index in [2.05, 4.69) is 10.5 Å². The fraction of sp³-hybridized carbons (Fsp3) is 0.0909. The second kappa shape index (κ2) is 9.72. The molecule has 0 aliphatic rings. The highest BCUT2D eigenvalue weighted by Crippen LogP contribution is 2.25. The Morgan fingerprint density at radius 2 is 1.71 bits per heavy atom. The average Bonchev–Trinajstić information content (AvgIpc) is 2.76. The van der Waals surface area contributed by atoms with E-state index < -0.39 is 22.5 Å². The van der Waals surface area contributed by atoms with Crippen LogP contribution in [0.2, 0.25) is 5.02 Å². The van der Waals surface area contributed by atoms with Crippen molar-refractivity contribution in [1.82, 2.24) is 5.43 Å². The van der Waals surface area contributed by atoms with E-state index >= 15 is 0 Å². The summed E-state index contributed by atoms with van der Waals surface area (Å²) in [6.45, 7) is 1.13. The first-order chi connectivity index (χ1) is 14.8. The van der Waals surface area contributed by atoms with Crippen molar-refractivity contribution in [2.24, 2.45) is 5.10 Å². The predicted molar refractivity (Wildman–Crippen MR) is 119 cm³/mol. The van der Waals surface area contributed by atoms with E-state index in [0.717, 1.165) is 4.31 Å². The number of anilines is 1. The molecule has 3 aromatic rings. The van der Waals surface area contributed by atoms with Crippen molar-refractivity contribution in [3.63, 3.8) is 0 Å². The minimum Gasteiger partial charge on any atom is -0.271 e. The van der Waals surface area contributed by atoms with Crippen molar-refractivity contribution < 1.29 is 17.6 Å². The molecular weight excluding hydrogens is 441 g/mol. The van der Waals surface area contributed by atoms with Crippen LogP contribution in [0.1, 0.15) is 12.5 Å². The molecule has 6 nitrogen and oxygen atoms in total. The van der Waals surface area contributed by atoms with Gasteiger partial charge in [0.15, 0.2) is 0 Å². The number of nitrogens with one attached hydrogen (secondary N) is 1. The lowest BCUT2D eigenvalue weighted by Crippen LogP contribution is -2.39. The van der Waals surface area contributed by atoms with E-state index in [1.165, 1.54) is 42.5 Å². The molecule has 0 radical (unpaired) electrons. The number of amides is 1. The average molecular weight is 460 g/mol. The Labute approximate surface area is 185 Å². The third-order valence-electron chi connectivity index (χ3n) is 4.32. The second-order valence-corrected chi connectivity index (χ2v) is 8.84. The van der Waals surface area contributed by atoms with Crippen molar-refractivity contribution in [3.8, 4) is 0 Å². The number of sulfonamides is 1. The van der Waals surface area contributed by atoms with E-state index in [1.54, 1.807) is 43.3 Å². The summed E-state index contributed by atoms with van der Waals surface area (Å²) in [5.41, 5.74) is 3.65. The monoisotopic (exact) mass is 459 g/mol. The van der Waals surface area contributed by atoms with Crippen LogP contribution in [0, 0.1) is 5.82 Å². The quantitative estimate of drug-likeness (QED) is 0.424. The zero-order valence-corrected chi connectivity index (χ0v) is 18.1. The summed E-state index contributed by atoms with van der Waals surface area (Å²) in [6.07, 6.45) is 0. The SMILES string of the molecule is CC(=NNC(=O)CN(c1cccc(Cl)c1)S(=O)(=O)c1ccccc1)c1ccc(F)cc1. The Morgan fingerprint density at radius 3 is 2.35 bits per heavy atom. The summed E-state index contributed by atoms with van der Waals surface area (Å²) in [5.74, 6) is -1.04.